The zero-order chi connectivity index (χ0) is 27.4. The van der Waals surface area contributed by atoms with Crippen LogP contribution in [0.25, 0.3) is 0 Å². The Morgan fingerprint density at radius 2 is 1.39 bits per heavy atom. The highest BCUT2D eigenvalue weighted by Gasteiger charge is 2.23. The van der Waals surface area contributed by atoms with Gasteiger partial charge in [0.15, 0.2) is 0 Å². The number of amides is 3. The first-order valence-electron chi connectivity index (χ1n) is 12.3. The largest absolute Gasteiger partial charge is 0.457 e. The molecule has 0 aromatic heterocycles. The third-order valence-corrected chi connectivity index (χ3v) is 5.02. The second-order valence-corrected chi connectivity index (χ2v) is 9.40. The second-order valence-electron chi connectivity index (χ2n) is 9.40. The van der Waals surface area contributed by atoms with E-state index >= 15 is 0 Å². The van der Waals surface area contributed by atoms with Crippen LogP contribution in [0.1, 0.15) is 32.8 Å². The molecule has 3 N–H and O–H groups in total. The summed E-state index contributed by atoms with van der Waals surface area (Å²) in [6.07, 6.45) is -1.25. The quantitative estimate of drug-likeness (QED) is 0.320. The molecule has 0 aliphatic carbocycles. The van der Waals surface area contributed by atoms with Gasteiger partial charge >= 0.3 is 12.2 Å². The lowest BCUT2D eigenvalue weighted by molar-refractivity contribution is -0.118. The van der Waals surface area contributed by atoms with E-state index in [1.807, 2.05) is 60.7 Å². The van der Waals surface area contributed by atoms with Crippen molar-refractivity contribution < 1.29 is 28.6 Å². The number of hydrogen-bond donors (Lipinski definition) is 3. The van der Waals surface area contributed by atoms with E-state index in [1.165, 1.54) is 0 Å². The summed E-state index contributed by atoms with van der Waals surface area (Å²) in [5.41, 5.74) is 0.671. The van der Waals surface area contributed by atoms with Gasteiger partial charge < -0.3 is 30.2 Å². The zero-order valence-corrected chi connectivity index (χ0v) is 21.7. The molecule has 1 atom stereocenters. The maximum absolute atomic E-state index is 13.0. The summed E-state index contributed by atoms with van der Waals surface area (Å²) in [5, 5.41) is 7.96. The Labute approximate surface area is 222 Å². The van der Waals surface area contributed by atoms with Crippen molar-refractivity contribution in [2.75, 3.05) is 11.9 Å². The van der Waals surface area contributed by atoms with Crippen LogP contribution in [0, 0.1) is 0 Å². The monoisotopic (exact) mass is 519 g/mol. The fourth-order valence-corrected chi connectivity index (χ4v) is 3.27. The Morgan fingerprint density at radius 3 is 2.03 bits per heavy atom. The van der Waals surface area contributed by atoms with Crippen LogP contribution < -0.4 is 20.7 Å². The average molecular weight is 520 g/mol. The van der Waals surface area contributed by atoms with Crippen molar-refractivity contribution in [1.29, 1.82) is 0 Å². The van der Waals surface area contributed by atoms with Gasteiger partial charge in [0, 0.05) is 12.2 Å². The molecule has 3 amide bonds. The maximum Gasteiger partial charge on any atom is 0.408 e. The molecule has 0 fully saturated rings. The highest BCUT2D eigenvalue weighted by atomic mass is 16.6. The molecule has 9 nitrogen and oxygen atoms in total. The fourth-order valence-electron chi connectivity index (χ4n) is 3.27. The summed E-state index contributed by atoms with van der Waals surface area (Å²) in [6.45, 7) is 5.41. The van der Waals surface area contributed by atoms with Crippen molar-refractivity contribution in [3.63, 3.8) is 0 Å². The molecule has 0 saturated carbocycles. The Hall–Kier alpha value is -4.53. The molecule has 38 heavy (non-hydrogen) atoms. The summed E-state index contributed by atoms with van der Waals surface area (Å²) >= 11 is 0. The predicted molar refractivity (Wildman–Crippen MR) is 144 cm³/mol. The topological polar surface area (TPSA) is 115 Å². The summed E-state index contributed by atoms with van der Waals surface area (Å²) in [6, 6.07) is 24.4. The van der Waals surface area contributed by atoms with Crippen molar-refractivity contribution in [2.24, 2.45) is 0 Å². The van der Waals surface area contributed by atoms with Crippen LogP contribution in [0.15, 0.2) is 84.9 Å². The molecule has 3 aromatic carbocycles. The van der Waals surface area contributed by atoms with E-state index in [2.05, 4.69) is 16.0 Å². The number of ether oxygens (including phenoxy) is 3. The van der Waals surface area contributed by atoms with Crippen molar-refractivity contribution in [2.45, 2.75) is 45.4 Å². The lowest BCUT2D eigenvalue weighted by Crippen LogP contribution is -2.46. The summed E-state index contributed by atoms with van der Waals surface area (Å²) in [4.78, 5) is 37.5. The van der Waals surface area contributed by atoms with E-state index in [9.17, 15) is 14.4 Å². The van der Waals surface area contributed by atoms with E-state index in [1.54, 1.807) is 45.0 Å². The lowest BCUT2D eigenvalue weighted by atomic mass is 10.2. The Balaban J connectivity index is 1.59. The van der Waals surface area contributed by atoms with E-state index in [0.29, 0.717) is 17.2 Å². The molecule has 0 aliphatic rings. The van der Waals surface area contributed by atoms with E-state index < -0.39 is 29.7 Å². The molecule has 0 bridgehead atoms. The molecule has 0 saturated heterocycles. The Bertz CT molecular complexity index is 1180. The molecular formula is C29H33N3O6. The van der Waals surface area contributed by atoms with Gasteiger partial charge in [-0.25, -0.2) is 9.59 Å². The molecule has 0 unspecified atom stereocenters. The van der Waals surface area contributed by atoms with Crippen LogP contribution in [0.4, 0.5) is 15.3 Å². The first-order valence-corrected chi connectivity index (χ1v) is 12.3. The fraction of sp³-hybridized carbons (Fsp3) is 0.276. The van der Waals surface area contributed by atoms with Gasteiger partial charge in [-0.3, -0.25) is 4.79 Å². The van der Waals surface area contributed by atoms with Crippen LogP contribution >= 0.6 is 0 Å². The summed E-state index contributed by atoms with van der Waals surface area (Å²) in [7, 11) is 0. The molecule has 3 rings (SSSR count). The number of para-hydroxylation sites is 1. The van der Waals surface area contributed by atoms with Crippen molar-refractivity contribution in [3.8, 4) is 11.5 Å². The summed E-state index contributed by atoms with van der Waals surface area (Å²) in [5.74, 6) is 0.833. The van der Waals surface area contributed by atoms with E-state index in [0.717, 1.165) is 5.56 Å². The van der Waals surface area contributed by atoms with Crippen LogP contribution in [0.2, 0.25) is 0 Å². The normalized spacial score (nSPS) is 11.6. The molecule has 9 heteroatoms. The number of hydrogen-bond acceptors (Lipinski definition) is 6. The minimum atomic E-state index is -0.978. The van der Waals surface area contributed by atoms with Gasteiger partial charge in [-0.05, 0) is 69.2 Å². The number of nitrogens with one attached hydrogen (secondary N) is 3. The van der Waals surface area contributed by atoms with Gasteiger partial charge in [0.05, 0.1) is 0 Å². The van der Waals surface area contributed by atoms with Crippen molar-refractivity contribution in [1.82, 2.24) is 10.6 Å². The van der Waals surface area contributed by atoms with Crippen LogP contribution in [-0.2, 0) is 20.9 Å². The highest BCUT2D eigenvalue weighted by Crippen LogP contribution is 2.22. The predicted octanol–water partition coefficient (Wildman–Crippen LogP) is 5.63. The van der Waals surface area contributed by atoms with Crippen LogP contribution in [0.3, 0.4) is 0 Å². The third kappa shape index (κ3) is 10.2. The molecule has 0 heterocycles. The standard InChI is InChI=1S/C29H33N3O6/c1-29(2,3)38-27(34)30-19-18-25(32-28(35)36-20-21-10-6-4-7-11-21)26(33)31-22-14-16-24(17-15-22)37-23-12-8-5-9-13-23/h4-17,25H,18-20H2,1-3H3,(H,30,34)(H,31,33)(H,32,35)/t25-/m0/s1. The van der Waals surface area contributed by atoms with Gasteiger partial charge in [0.1, 0.15) is 29.7 Å². The smallest absolute Gasteiger partial charge is 0.408 e. The lowest BCUT2D eigenvalue weighted by Gasteiger charge is -2.21. The number of rotatable bonds is 10. The van der Waals surface area contributed by atoms with Crippen molar-refractivity contribution in [3.05, 3.63) is 90.5 Å². The number of carbonyl (C=O) groups is 3. The minimum absolute atomic E-state index is 0.0556. The molecular weight excluding hydrogens is 486 g/mol. The highest BCUT2D eigenvalue weighted by molar-refractivity contribution is 5.96. The third-order valence-electron chi connectivity index (χ3n) is 5.02. The average Bonchev–Trinajstić information content (AvgIpc) is 2.88. The van der Waals surface area contributed by atoms with Gasteiger partial charge in [-0.15, -0.1) is 0 Å². The Morgan fingerprint density at radius 1 is 0.789 bits per heavy atom. The van der Waals surface area contributed by atoms with Gasteiger partial charge in [-0.1, -0.05) is 48.5 Å². The van der Waals surface area contributed by atoms with Crippen LogP contribution in [-0.4, -0.2) is 36.3 Å². The Kier molecular flexibility index (Phi) is 10.1. The molecule has 0 aliphatic heterocycles. The number of anilines is 1. The second kappa shape index (κ2) is 13.7. The van der Waals surface area contributed by atoms with E-state index in [4.69, 9.17) is 14.2 Å². The van der Waals surface area contributed by atoms with Gasteiger partial charge in [0.2, 0.25) is 5.91 Å². The van der Waals surface area contributed by atoms with E-state index in [-0.39, 0.29) is 19.6 Å². The SMILES string of the molecule is CC(C)(C)OC(=O)NCC[C@H](NC(=O)OCc1ccccc1)C(=O)Nc1ccc(Oc2ccccc2)cc1. The van der Waals surface area contributed by atoms with Gasteiger partial charge in [-0.2, -0.15) is 0 Å². The summed E-state index contributed by atoms with van der Waals surface area (Å²) < 4.78 is 16.3. The molecule has 0 radical (unpaired) electrons. The van der Waals surface area contributed by atoms with Gasteiger partial charge in [0.25, 0.3) is 0 Å². The molecule has 200 valence electrons. The van der Waals surface area contributed by atoms with Crippen molar-refractivity contribution >= 4 is 23.8 Å². The number of carbonyl (C=O) groups excluding carboxylic acids is 3. The maximum atomic E-state index is 13.0. The van der Waals surface area contributed by atoms with Crippen LogP contribution in [0.5, 0.6) is 11.5 Å². The first kappa shape index (κ1) is 28.0. The zero-order valence-electron chi connectivity index (χ0n) is 21.7. The number of benzene rings is 3. The molecule has 0 spiro atoms. The molecule has 3 aromatic rings. The first-order chi connectivity index (χ1) is 18.2. The number of alkyl carbamates (subject to hydrolysis) is 2. The minimum Gasteiger partial charge on any atom is -0.457 e.